The van der Waals surface area contributed by atoms with Crippen molar-refractivity contribution in [3.63, 3.8) is 0 Å². The molecule has 1 aromatic rings. The number of rotatable bonds is 7. The molecule has 0 heterocycles. The predicted octanol–water partition coefficient (Wildman–Crippen LogP) is 3.19. The highest BCUT2D eigenvalue weighted by Gasteiger charge is 2.06. The van der Waals surface area contributed by atoms with E-state index in [1.807, 2.05) is 6.92 Å². The molecule has 0 atom stereocenters. The molecule has 1 N–H and O–H groups in total. The Bertz CT molecular complexity index is 621. The van der Waals surface area contributed by atoms with Crippen LogP contribution in [-0.4, -0.2) is 23.7 Å². The predicted molar refractivity (Wildman–Crippen MR) is 82.0 cm³/mol. The molecule has 0 aliphatic heterocycles. The molecule has 0 amide bonds. The first-order chi connectivity index (χ1) is 10.6. The molecule has 0 radical (unpaired) electrons. The molecule has 0 fully saturated rings. The van der Waals surface area contributed by atoms with Gasteiger partial charge in [0, 0.05) is 0 Å². The van der Waals surface area contributed by atoms with Gasteiger partial charge in [-0.2, -0.15) is 5.26 Å². The molecule has 0 aromatic heterocycles. The molecule has 5 nitrogen and oxygen atoms in total. The lowest BCUT2D eigenvalue weighted by Crippen LogP contribution is -2.06. The molecule has 0 saturated heterocycles. The van der Waals surface area contributed by atoms with Gasteiger partial charge < -0.3 is 9.84 Å². The van der Waals surface area contributed by atoms with Crippen molar-refractivity contribution in [2.45, 2.75) is 19.8 Å². The van der Waals surface area contributed by atoms with E-state index in [0.29, 0.717) is 12.2 Å². The number of benzene rings is 1. The van der Waals surface area contributed by atoms with Crippen molar-refractivity contribution in [2.24, 2.45) is 0 Å². The van der Waals surface area contributed by atoms with E-state index in [0.717, 1.165) is 18.4 Å². The maximum Gasteiger partial charge on any atom is 0.346 e. The zero-order chi connectivity index (χ0) is 16.4. The summed E-state index contributed by atoms with van der Waals surface area (Å²) in [5.74, 6) is -1.63. The molecular weight excluding hydrogens is 282 g/mol. The molecule has 1 aromatic carbocycles. The third-order valence-corrected chi connectivity index (χ3v) is 2.78. The Morgan fingerprint density at radius 3 is 2.55 bits per heavy atom. The number of carbonyl (C=O) groups excluding carboxylic acids is 1. The number of unbranched alkanes of at least 4 members (excludes halogenated alkanes) is 1. The zero-order valence-electron chi connectivity index (χ0n) is 12.3. The number of hydrogen-bond acceptors (Lipinski definition) is 4. The number of allylic oxidation sites excluding steroid dienone is 2. The summed E-state index contributed by atoms with van der Waals surface area (Å²) in [7, 11) is 0. The summed E-state index contributed by atoms with van der Waals surface area (Å²) < 4.78 is 5.09. The first kappa shape index (κ1) is 17.2. The van der Waals surface area contributed by atoms with Gasteiger partial charge in [-0.05, 0) is 30.2 Å². The number of esters is 1. The van der Waals surface area contributed by atoms with E-state index >= 15 is 0 Å². The number of hydrogen-bond donors (Lipinski definition) is 1. The van der Waals surface area contributed by atoms with Gasteiger partial charge in [0.25, 0.3) is 0 Å². The summed E-state index contributed by atoms with van der Waals surface area (Å²) in [5.41, 5.74) is 0.906. The lowest BCUT2D eigenvalue weighted by atomic mass is 10.1. The summed E-state index contributed by atoms with van der Waals surface area (Å²) in [4.78, 5) is 22.3. The number of ether oxygens (including phenoxy) is 1. The molecule has 0 unspecified atom stereocenters. The van der Waals surface area contributed by atoms with Crippen molar-refractivity contribution in [2.75, 3.05) is 6.61 Å². The molecule has 114 valence electrons. The SMILES string of the molecule is CCCCOC(=O)c1ccc(C=CC=C(C#N)C(=O)O)cc1. The van der Waals surface area contributed by atoms with Crippen LogP contribution in [0.4, 0.5) is 0 Å². The van der Waals surface area contributed by atoms with Gasteiger partial charge in [-0.1, -0.05) is 37.6 Å². The number of nitriles is 1. The van der Waals surface area contributed by atoms with Crippen LogP contribution in [0.25, 0.3) is 6.08 Å². The fraction of sp³-hybridized carbons (Fsp3) is 0.235. The first-order valence-electron chi connectivity index (χ1n) is 6.87. The Balaban J connectivity index is 2.67. The Hall–Kier alpha value is -2.87. The monoisotopic (exact) mass is 299 g/mol. The van der Waals surface area contributed by atoms with E-state index in [-0.39, 0.29) is 11.5 Å². The summed E-state index contributed by atoms with van der Waals surface area (Å²) in [6.07, 6.45) is 6.14. The number of carbonyl (C=O) groups is 2. The second-order valence-electron chi connectivity index (χ2n) is 4.47. The van der Waals surface area contributed by atoms with Gasteiger partial charge in [0.05, 0.1) is 12.2 Å². The molecule has 1 rings (SSSR count). The van der Waals surface area contributed by atoms with E-state index < -0.39 is 5.97 Å². The van der Waals surface area contributed by atoms with Gasteiger partial charge in [-0.3, -0.25) is 0 Å². The van der Waals surface area contributed by atoms with Gasteiger partial charge in [0.2, 0.25) is 0 Å². The smallest absolute Gasteiger partial charge is 0.346 e. The molecule has 0 saturated carbocycles. The highest BCUT2D eigenvalue weighted by Crippen LogP contribution is 2.08. The van der Waals surface area contributed by atoms with Crippen LogP contribution in [0.2, 0.25) is 0 Å². The van der Waals surface area contributed by atoms with E-state index in [1.54, 1.807) is 36.4 Å². The largest absolute Gasteiger partial charge is 0.477 e. The van der Waals surface area contributed by atoms with Gasteiger partial charge in [-0.25, -0.2) is 9.59 Å². The lowest BCUT2D eigenvalue weighted by Gasteiger charge is -2.03. The van der Waals surface area contributed by atoms with Crippen LogP contribution in [0.15, 0.2) is 42.0 Å². The highest BCUT2D eigenvalue weighted by molar-refractivity contribution is 5.91. The second-order valence-corrected chi connectivity index (χ2v) is 4.47. The Labute approximate surface area is 129 Å². The number of nitrogens with zero attached hydrogens (tertiary/aromatic N) is 1. The van der Waals surface area contributed by atoms with Gasteiger partial charge in [-0.15, -0.1) is 0 Å². The average molecular weight is 299 g/mol. The van der Waals surface area contributed by atoms with Crippen LogP contribution >= 0.6 is 0 Å². The maximum absolute atomic E-state index is 11.7. The zero-order valence-corrected chi connectivity index (χ0v) is 12.3. The van der Waals surface area contributed by atoms with E-state index in [1.165, 1.54) is 12.2 Å². The quantitative estimate of drug-likeness (QED) is 0.275. The number of aliphatic carboxylic acids is 1. The standard InChI is InChI=1S/C17H17NO4/c1-2-3-11-22-17(21)14-9-7-13(8-10-14)5-4-6-15(12-18)16(19)20/h4-10H,2-3,11H2,1H3,(H,19,20). The van der Waals surface area contributed by atoms with Gasteiger partial charge in [0.15, 0.2) is 0 Å². The topological polar surface area (TPSA) is 87.4 Å². The van der Waals surface area contributed by atoms with Crippen LogP contribution in [0.3, 0.4) is 0 Å². The van der Waals surface area contributed by atoms with Crippen molar-refractivity contribution < 1.29 is 19.4 Å². The minimum absolute atomic E-state index is 0.340. The molecule has 0 aliphatic rings. The third kappa shape index (κ3) is 5.63. The lowest BCUT2D eigenvalue weighted by molar-refractivity contribution is -0.132. The van der Waals surface area contributed by atoms with Crippen LogP contribution in [0, 0.1) is 11.3 Å². The van der Waals surface area contributed by atoms with Crippen LogP contribution in [-0.2, 0) is 9.53 Å². The molecule has 5 heteroatoms. The summed E-state index contributed by atoms with van der Waals surface area (Å²) in [6.45, 7) is 2.43. The first-order valence-corrected chi connectivity index (χ1v) is 6.87. The van der Waals surface area contributed by atoms with Crippen molar-refractivity contribution >= 4 is 18.0 Å². The number of carboxylic acid groups (broad SMARTS) is 1. The highest BCUT2D eigenvalue weighted by atomic mass is 16.5. The van der Waals surface area contributed by atoms with E-state index in [9.17, 15) is 9.59 Å². The molecular formula is C17H17NO4. The Kier molecular flexibility index (Phi) is 7.14. The number of carboxylic acids is 1. The molecule has 0 bridgehead atoms. The van der Waals surface area contributed by atoms with E-state index in [2.05, 4.69) is 0 Å². The summed E-state index contributed by atoms with van der Waals surface area (Å²) in [6, 6.07) is 8.29. The van der Waals surface area contributed by atoms with Gasteiger partial charge >= 0.3 is 11.9 Å². The van der Waals surface area contributed by atoms with Crippen molar-refractivity contribution in [1.82, 2.24) is 0 Å². The van der Waals surface area contributed by atoms with Crippen LogP contribution < -0.4 is 0 Å². The average Bonchev–Trinajstić information content (AvgIpc) is 2.52. The summed E-state index contributed by atoms with van der Waals surface area (Å²) in [5, 5.41) is 17.3. The van der Waals surface area contributed by atoms with Crippen molar-refractivity contribution in [3.05, 3.63) is 53.1 Å². The van der Waals surface area contributed by atoms with E-state index in [4.69, 9.17) is 15.1 Å². The van der Waals surface area contributed by atoms with Crippen LogP contribution in [0.1, 0.15) is 35.7 Å². The summed E-state index contributed by atoms with van der Waals surface area (Å²) >= 11 is 0. The second kappa shape index (κ2) is 9.14. The fourth-order valence-electron chi connectivity index (χ4n) is 1.53. The van der Waals surface area contributed by atoms with Crippen molar-refractivity contribution in [3.8, 4) is 6.07 Å². The van der Waals surface area contributed by atoms with Crippen LogP contribution in [0.5, 0.6) is 0 Å². The maximum atomic E-state index is 11.7. The van der Waals surface area contributed by atoms with Crippen molar-refractivity contribution in [1.29, 1.82) is 5.26 Å². The minimum Gasteiger partial charge on any atom is -0.477 e. The Morgan fingerprint density at radius 2 is 2.00 bits per heavy atom. The molecule has 0 aliphatic carbocycles. The third-order valence-electron chi connectivity index (χ3n) is 2.78. The normalized spacial score (nSPS) is 11.2. The molecule has 0 spiro atoms. The molecule has 22 heavy (non-hydrogen) atoms. The fourth-order valence-corrected chi connectivity index (χ4v) is 1.53. The van der Waals surface area contributed by atoms with Gasteiger partial charge in [0.1, 0.15) is 11.6 Å². The minimum atomic E-state index is -1.27. The Morgan fingerprint density at radius 1 is 1.32 bits per heavy atom.